The molecule has 0 aliphatic carbocycles. The van der Waals surface area contributed by atoms with Gasteiger partial charge in [-0.3, -0.25) is 4.79 Å². The van der Waals surface area contributed by atoms with Crippen molar-refractivity contribution >= 4 is 5.97 Å². The second kappa shape index (κ2) is 7.19. The number of hydrogen-bond donors (Lipinski definition) is 3. The first kappa shape index (κ1) is 14.9. The monoisotopic (exact) mass is 228 g/mol. The first-order chi connectivity index (χ1) is 7.34. The van der Waals surface area contributed by atoms with Crippen LogP contribution in [-0.2, 0) is 4.79 Å². The molecule has 0 aliphatic heterocycles. The SMILES string of the molecule is C/C(=C/C=C/[C@@H](C)[C@H](C)O)[C@@H](O)CC(=O)O. The Bertz CT molecular complexity index is 279. The van der Waals surface area contributed by atoms with Crippen molar-refractivity contribution in [2.45, 2.75) is 39.4 Å². The van der Waals surface area contributed by atoms with Crippen molar-refractivity contribution in [2.75, 3.05) is 0 Å². The zero-order valence-corrected chi connectivity index (χ0v) is 9.92. The van der Waals surface area contributed by atoms with Gasteiger partial charge in [0.2, 0.25) is 0 Å². The molecule has 4 heteroatoms. The number of aliphatic carboxylic acids is 1. The van der Waals surface area contributed by atoms with Crippen LogP contribution in [0.15, 0.2) is 23.8 Å². The molecule has 0 saturated carbocycles. The van der Waals surface area contributed by atoms with Gasteiger partial charge >= 0.3 is 5.97 Å². The molecule has 0 aliphatic rings. The fraction of sp³-hybridized carbons (Fsp3) is 0.583. The minimum Gasteiger partial charge on any atom is -0.481 e. The van der Waals surface area contributed by atoms with E-state index in [1.165, 1.54) is 0 Å². The third kappa shape index (κ3) is 6.37. The van der Waals surface area contributed by atoms with Crippen molar-refractivity contribution in [2.24, 2.45) is 5.92 Å². The van der Waals surface area contributed by atoms with Gasteiger partial charge in [0.15, 0.2) is 0 Å². The lowest BCUT2D eigenvalue weighted by atomic mass is 10.0. The average molecular weight is 228 g/mol. The van der Waals surface area contributed by atoms with Gasteiger partial charge in [0.25, 0.3) is 0 Å². The summed E-state index contributed by atoms with van der Waals surface area (Å²) in [5, 5.41) is 27.1. The molecule has 0 amide bonds. The third-order valence-electron chi connectivity index (χ3n) is 2.43. The Morgan fingerprint density at radius 3 is 2.31 bits per heavy atom. The largest absolute Gasteiger partial charge is 0.481 e. The second-order valence-corrected chi connectivity index (χ2v) is 4.01. The minimum atomic E-state index is -1.03. The molecule has 92 valence electrons. The van der Waals surface area contributed by atoms with Crippen molar-refractivity contribution in [1.29, 1.82) is 0 Å². The summed E-state index contributed by atoms with van der Waals surface area (Å²) in [5.74, 6) is -0.998. The molecule has 0 aromatic rings. The number of carboxylic acid groups (broad SMARTS) is 1. The van der Waals surface area contributed by atoms with Gasteiger partial charge in [-0.25, -0.2) is 0 Å². The van der Waals surface area contributed by atoms with Crippen LogP contribution in [0.2, 0.25) is 0 Å². The van der Waals surface area contributed by atoms with Crippen LogP contribution in [0, 0.1) is 5.92 Å². The molecule has 0 saturated heterocycles. The first-order valence-electron chi connectivity index (χ1n) is 5.27. The van der Waals surface area contributed by atoms with Crippen molar-refractivity contribution in [3.8, 4) is 0 Å². The Morgan fingerprint density at radius 1 is 1.31 bits per heavy atom. The van der Waals surface area contributed by atoms with Crippen LogP contribution in [0.4, 0.5) is 0 Å². The average Bonchev–Trinajstić information content (AvgIpc) is 2.15. The molecular formula is C12H20O4. The lowest BCUT2D eigenvalue weighted by molar-refractivity contribution is -0.138. The maximum atomic E-state index is 10.3. The number of hydrogen-bond acceptors (Lipinski definition) is 3. The zero-order valence-electron chi connectivity index (χ0n) is 9.92. The molecule has 4 nitrogen and oxygen atoms in total. The van der Waals surface area contributed by atoms with Gasteiger partial charge in [-0.05, 0) is 25.3 Å². The summed E-state index contributed by atoms with van der Waals surface area (Å²) in [6.07, 6.45) is 3.52. The van der Waals surface area contributed by atoms with E-state index in [0.29, 0.717) is 5.57 Å². The van der Waals surface area contributed by atoms with Crippen molar-refractivity contribution in [1.82, 2.24) is 0 Å². The highest BCUT2D eigenvalue weighted by molar-refractivity contribution is 5.67. The molecule has 0 heterocycles. The van der Waals surface area contributed by atoms with E-state index in [9.17, 15) is 15.0 Å². The molecule has 0 bridgehead atoms. The van der Waals surface area contributed by atoms with Gasteiger partial charge in [-0.1, -0.05) is 25.2 Å². The molecule has 3 N–H and O–H groups in total. The lowest BCUT2D eigenvalue weighted by Crippen LogP contribution is -2.13. The van der Waals surface area contributed by atoms with Crippen LogP contribution in [0.1, 0.15) is 27.2 Å². The Morgan fingerprint density at radius 2 is 1.88 bits per heavy atom. The number of aliphatic hydroxyl groups excluding tert-OH is 2. The minimum absolute atomic E-state index is 0.0284. The van der Waals surface area contributed by atoms with Crippen LogP contribution in [-0.4, -0.2) is 33.5 Å². The molecule has 0 radical (unpaired) electrons. The summed E-state index contributed by atoms with van der Waals surface area (Å²) in [4.78, 5) is 10.3. The molecule has 0 spiro atoms. The van der Waals surface area contributed by atoms with Gasteiger partial charge in [0.05, 0.1) is 18.6 Å². The van der Waals surface area contributed by atoms with Crippen molar-refractivity contribution in [3.05, 3.63) is 23.8 Å². The predicted octanol–water partition coefficient (Wildman–Crippen LogP) is 1.34. The van der Waals surface area contributed by atoms with E-state index in [4.69, 9.17) is 5.11 Å². The molecule has 0 aromatic carbocycles. The molecule has 0 aromatic heterocycles. The lowest BCUT2D eigenvalue weighted by Gasteiger charge is -2.09. The van der Waals surface area contributed by atoms with Crippen LogP contribution in [0.5, 0.6) is 0 Å². The Kier molecular flexibility index (Phi) is 6.69. The molecule has 0 rings (SSSR count). The van der Waals surface area contributed by atoms with Crippen molar-refractivity contribution in [3.63, 3.8) is 0 Å². The number of carbonyl (C=O) groups is 1. The Labute approximate surface area is 95.9 Å². The van der Waals surface area contributed by atoms with E-state index in [-0.39, 0.29) is 12.3 Å². The van der Waals surface area contributed by atoms with Crippen LogP contribution >= 0.6 is 0 Å². The van der Waals surface area contributed by atoms with E-state index < -0.39 is 18.2 Å². The van der Waals surface area contributed by atoms with E-state index in [1.807, 2.05) is 13.0 Å². The number of rotatable bonds is 6. The predicted molar refractivity (Wildman–Crippen MR) is 62.0 cm³/mol. The summed E-state index contributed by atoms with van der Waals surface area (Å²) in [6, 6.07) is 0. The van der Waals surface area contributed by atoms with Crippen LogP contribution in [0.25, 0.3) is 0 Å². The van der Waals surface area contributed by atoms with Gasteiger partial charge < -0.3 is 15.3 Å². The van der Waals surface area contributed by atoms with Gasteiger partial charge in [-0.15, -0.1) is 0 Å². The Balaban J connectivity index is 4.27. The van der Waals surface area contributed by atoms with E-state index in [1.54, 1.807) is 26.0 Å². The van der Waals surface area contributed by atoms with Gasteiger partial charge in [0, 0.05) is 0 Å². The number of carboxylic acids is 1. The van der Waals surface area contributed by atoms with E-state index in [2.05, 4.69) is 0 Å². The van der Waals surface area contributed by atoms with Gasteiger partial charge in [0.1, 0.15) is 0 Å². The maximum Gasteiger partial charge on any atom is 0.306 e. The molecular weight excluding hydrogens is 208 g/mol. The first-order valence-corrected chi connectivity index (χ1v) is 5.27. The molecule has 0 fully saturated rings. The van der Waals surface area contributed by atoms with Crippen LogP contribution < -0.4 is 0 Å². The van der Waals surface area contributed by atoms with Gasteiger partial charge in [-0.2, -0.15) is 0 Å². The quantitative estimate of drug-likeness (QED) is 0.599. The third-order valence-corrected chi connectivity index (χ3v) is 2.43. The highest BCUT2D eigenvalue weighted by Gasteiger charge is 2.10. The highest BCUT2D eigenvalue weighted by Crippen LogP contribution is 2.08. The Hall–Kier alpha value is -1.13. The number of allylic oxidation sites excluding steroid dienone is 2. The summed E-state index contributed by atoms with van der Waals surface area (Å²) in [6.45, 7) is 5.24. The normalized spacial score (nSPS) is 18.4. The number of aliphatic hydroxyl groups is 2. The highest BCUT2D eigenvalue weighted by atomic mass is 16.4. The zero-order chi connectivity index (χ0) is 12.7. The fourth-order valence-electron chi connectivity index (χ4n) is 0.981. The van der Waals surface area contributed by atoms with E-state index in [0.717, 1.165) is 0 Å². The summed E-state index contributed by atoms with van der Waals surface area (Å²) >= 11 is 0. The molecule has 16 heavy (non-hydrogen) atoms. The second-order valence-electron chi connectivity index (χ2n) is 4.01. The smallest absolute Gasteiger partial charge is 0.306 e. The summed E-state index contributed by atoms with van der Waals surface area (Å²) in [5.41, 5.74) is 0.594. The molecule has 3 atom stereocenters. The maximum absolute atomic E-state index is 10.3. The molecule has 0 unspecified atom stereocenters. The summed E-state index contributed by atoms with van der Waals surface area (Å²) < 4.78 is 0. The fourth-order valence-corrected chi connectivity index (χ4v) is 0.981. The topological polar surface area (TPSA) is 77.8 Å². The van der Waals surface area contributed by atoms with E-state index >= 15 is 0 Å². The summed E-state index contributed by atoms with van der Waals surface area (Å²) in [7, 11) is 0. The van der Waals surface area contributed by atoms with Crippen molar-refractivity contribution < 1.29 is 20.1 Å². The standard InChI is InChI=1S/C12H20O4/c1-8(10(3)13)5-4-6-9(2)11(14)7-12(15)16/h4-6,8,10-11,13-14H,7H2,1-3H3,(H,15,16)/b5-4+,9-6-/t8-,10+,11+/m1/s1. The van der Waals surface area contributed by atoms with Crippen LogP contribution in [0.3, 0.4) is 0 Å².